The Labute approximate surface area is 130 Å². The number of nitro groups is 1. The van der Waals surface area contributed by atoms with Gasteiger partial charge in [0.25, 0.3) is 0 Å². The van der Waals surface area contributed by atoms with E-state index < -0.39 is 25.5 Å². The lowest BCUT2D eigenvalue weighted by atomic mass is 9.86. The van der Waals surface area contributed by atoms with Crippen LogP contribution in [-0.2, 0) is 10.0 Å². The summed E-state index contributed by atoms with van der Waals surface area (Å²) in [5, 5.41) is 16.5. The molecule has 0 radical (unpaired) electrons. The summed E-state index contributed by atoms with van der Waals surface area (Å²) in [5.41, 5.74) is -0.0910. The van der Waals surface area contributed by atoms with Crippen LogP contribution in [0.15, 0.2) is 23.1 Å². The van der Waals surface area contributed by atoms with Gasteiger partial charge >= 0.3 is 5.69 Å². The average Bonchev–Trinajstić information content (AvgIpc) is 2.45. The molecule has 1 saturated heterocycles. The molecule has 0 amide bonds. The summed E-state index contributed by atoms with van der Waals surface area (Å²) in [6.07, 6.45) is 1.88. The largest absolute Gasteiger partial charge is 0.366 e. The molecule has 0 aliphatic carbocycles. The number of rotatable bonds is 4. The van der Waals surface area contributed by atoms with E-state index in [0.29, 0.717) is 30.6 Å². The lowest BCUT2D eigenvalue weighted by molar-refractivity contribution is -0.387. The molecule has 8 heteroatoms. The van der Waals surface area contributed by atoms with Crippen LogP contribution in [0.1, 0.15) is 26.7 Å². The van der Waals surface area contributed by atoms with Crippen molar-refractivity contribution in [3.63, 3.8) is 0 Å². The minimum Gasteiger partial charge on any atom is -0.366 e. The minimum atomic E-state index is -4.13. The van der Waals surface area contributed by atoms with Gasteiger partial charge in [-0.05, 0) is 36.8 Å². The van der Waals surface area contributed by atoms with Crippen LogP contribution < -0.4 is 10.0 Å². The Balaban J connectivity index is 2.39. The maximum atomic E-state index is 11.6. The predicted molar refractivity (Wildman–Crippen MR) is 84.2 cm³/mol. The fourth-order valence-electron chi connectivity index (χ4n) is 2.99. The van der Waals surface area contributed by atoms with Gasteiger partial charge in [-0.15, -0.1) is 0 Å². The van der Waals surface area contributed by atoms with Crippen LogP contribution in [0.25, 0.3) is 0 Å². The fourth-order valence-corrected chi connectivity index (χ4v) is 3.70. The van der Waals surface area contributed by atoms with E-state index in [9.17, 15) is 18.5 Å². The second-order valence-electron chi connectivity index (χ2n) is 5.99. The van der Waals surface area contributed by atoms with Crippen molar-refractivity contribution in [2.24, 2.45) is 17.0 Å². The molecule has 1 aliphatic heterocycles. The van der Waals surface area contributed by atoms with Crippen molar-refractivity contribution < 1.29 is 13.3 Å². The smallest absolute Gasteiger partial charge is 0.312 e. The first-order chi connectivity index (χ1) is 10.2. The second kappa shape index (κ2) is 6.21. The van der Waals surface area contributed by atoms with Crippen molar-refractivity contribution in [2.45, 2.75) is 31.6 Å². The number of hydrogen-bond acceptors (Lipinski definition) is 5. The Morgan fingerprint density at radius 2 is 1.91 bits per heavy atom. The van der Waals surface area contributed by atoms with Crippen LogP contribution in [0, 0.1) is 22.0 Å². The monoisotopic (exact) mass is 327 g/mol. The molecule has 0 saturated carbocycles. The molecule has 7 nitrogen and oxygen atoms in total. The van der Waals surface area contributed by atoms with E-state index in [1.54, 1.807) is 6.07 Å². The van der Waals surface area contributed by atoms with Gasteiger partial charge in [0.15, 0.2) is 4.90 Å². The number of nitrogens with zero attached hydrogens (tertiary/aromatic N) is 2. The van der Waals surface area contributed by atoms with E-state index in [4.69, 9.17) is 5.14 Å². The lowest BCUT2D eigenvalue weighted by Gasteiger charge is -2.35. The molecule has 2 N–H and O–H groups in total. The zero-order valence-electron chi connectivity index (χ0n) is 12.7. The highest BCUT2D eigenvalue weighted by Gasteiger charge is 2.31. The Morgan fingerprint density at radius 3 is 2.36 bits per heavy atom. The van der Waals surface area contributed by atoms with Crippen LogP contribution in [0.5, 0.6) is 0 Å². The quantitative estimate of drug-likeness (QED) is 0.673. The number of para-hydroxylation sites is 1. The van der Waals surface area contributed by atoms with Gasteiger partial charge < -0.3 is 4.90 Å². The molecule has 1 aliphatic rings. The van der Waals surface area contributed by atoms with Crippen molar-refractivity contribution >= 4 is 21.4 Å². The van der Waals surface area contributed by atoms with Crippen LogP contribution in [-0.4, -0.2) is 26.4 Å². The van der Waals surface area contributed by atoms with Crippen LogP contribution in [0.4, 0.5) is 11.4 Å². The lowest BCUT2D eigenvalue weighted by Crippen LogP contribution is -2.35. The topological polar surface area (TPSA) is 107 Å². The molecule has 0 spiro atoms. The number of benzene rings is 1. The van der Waals surface area contributed by atoms with Gasteiger partial charge in [-0.3, -0.25) is 10.1 Å². The molecule has 0 bridgehead atoms. The fraction of sp³-hybridized carbons (Fsp3) is 0.571. The van der Waals surface area contributed by atoms with E-state index in [0.717, 1.165) is 12.8 Å². The third-order valence-corrected chi connectivity index (χ3v) is 5.23. The number of anilines is 1. The number of nitrogens with two attached hydrogens (primary N) is 1. The third-order valence-electron chi connectivity index (χ3n) is 4.29. The second-order valence-corrected chi connectivity index (χ2v) is 7.52. The van der Waals surface area contributed by atoms with Crippen LogP contribution in [0.3, 0.4) is 0 Å². The first-order valence-electron chi connectivity index (χ1n) is 7.27. The van der Waals surface area contributed by atoms with Gasteiger partial charge in [-0.25, -0.2) is 13.6 Å². The first kappa shape index (κ1) is 16.7. The Bertz CT molecular complexity index is 665. The van der Waals surface area contributed by atoms with E-state index in [1.165, 1.54) is 12.1 Å². The molecular weight excluding hydrogens is 306 g/mol. The molecule has 122 valence electrons. The normalized spacial score (nSPS) is 17.0. The van der Waals surface area contributed by atoms with E-state index in [2.05, 4.69) is 13.8 Å². The highest BCUT2D eigenvalue weighted by atomic mass is 32.2. The van der Waals surface area contributed by atoms with Crippen molar-refractivity contribution in [3.05, 3.63) is 28.3 Å². The molecule has 1 aromatic carbocycles. The van der Waals surface area contributed by atoms with Gasteiger partial charge in [0.1, 0.15) is 5.69 Å². The number of piperidine rings is 1. The first-order valence-corrected chi connectivity index (χ1v) is 8.81. The summed E-state index contributed by atoms with van der Waals surface area (Å²) < 4.78 is 23.2. The minimum absolute atomic E-state index is 0.332. The molecule has 0 unspecified atom stereocenters. The van der Waals surface area contributed by atoms with Crippen LogP contribution in [0.2, 0.25) is 0 Å². The van der Waals surface area contributed by atoms with E-state index >= 15 is 0 Å². The SMILES string of the molecule is CC(C)C1CCN(c2cccc(S(N)(=O)=O)c2[N+](=O)[O-])CC1. The third kappa shape index (κ3) is 3.38. The van der Waals surface area contributed by atoms with Gasteiger partial charge in [-0.2, -0.15) is 0 Å². The maximum absolute atomic E-state index is 11.6. The van der Waals surface area contributed by atoms with Crippen molar-refractivity contribution in [1.82, 2.24) is 0 Å². The molecule has 0 atom stereocenters. The molecule has 1 fully saturated rings. The van der Waals surface area contributed by atoms with Crippen LogP contribution >= 0.6 is 0 Å². The van der Waals surface area contributed by atoms with Crippen molar-refractivity contribution in [1.29, 1.82) is 0 Å². The van der Waals surface area contributed by atoms with Gasteiger partial charge in [0, 0.05) is 13.1 Å². The Kier molecular flexibility index (Phi) is 4.72. The summed E-state index contributed by atoms with van der Waals surface area (Å²) in [6, 6.07) is 4.26. The highest BCUT2D eigenvalue weighted by molar-refractivity contribution is 7.89. The zero-order chi connectivity index (χ0) is 16.5. The van der Waals surface area contributed by atoms with Gasteiger partial charge in [0.2, 0.25) is 10.0 Å². The average molecular weight is 327 g/mol. The molecule has 1 heterocycles. The summed E-state index contributed by atoms with van der Waals surface area (Å²) >= 11 is 0. The summed E-state index contributed by atoms with van der Waals surface area (Å²) in [4.78, 5) is 12.2. The molecule has 1 aromatic rings. The Morgan fingerprint density at radius 1 is 1.32 bits per heavy atom. The molecule has 22 heavy (non-hydrogen) atoms. The van der Waals surface area contributed by atoms with Gasteiger partial charge in [0.05, 0.1) is 4.92 Å². The number of primary sulfonamides is 1. The molecule has 0 aromatic heterocycles. The number of nitro benzene ring substituents is 1. The number of sulfonamides is 1. The summed E-state index contributed by atoms with van der Waals surface area (Å²) in [6.45, 7) is 5.70. The van der Waals surface area contributed by atoms with Crippen molar-refractivity contribution in [3.8, 4) is 0 Å². The summed E-state index contributed by atoms with van der Waals surface area (Å²) in [5.74, 6) is 1.17. The molecule has 2 rings (SSSR count). The summed E-state index contributed by atoms with van der Waals surface area (Å²) in [7, 11) is -4.13. The predicted octanol–water partition coefficient (Wildman–Crippen LogP) is 2.11. The van der Waals surface area contributed by atoms with E-state index in [-0.39, 0.29) is 0 Å². The Hall–Kier alpha value is -1.67. The maximum Gasteiger partial charge on any atom is 0.312 e. The van der Waals surface area contributed by atoms with Crippen molar-refractivity contribution in [2.75, 3.05) is 18.0 Å². The molecular formula is C14H21N3O4S. The number of hydrogen-bond donors (Lipinski definition) is 1. The van der Waals surface area contributed by atoms with Gasteiger partial charge in [-0.1, -0.05) is 19.9 Å². The van der Waals surface area contributed by atoms with E-state index in [1.807, 2.05) is 4.90 Å². The highest BCUT2D eigenvalue weighted by Crippen LogP contribution is 2.36. The zero-order valence-corrected chi connectivity index (χ0v) is 13.5. The standard InChI is InChI=1S/C14H21N3O4S/c1-10(2)11-6-8-16(9-7-11)12-4-3-5-13(22(15,20)21)14(12)17(18)19/h3-5,10-11H,6-9H2,1-2H3,(H2,15,20,21).